The Hall–Kier alpha value is -0.340. The van der Waals surface area contributed by atoms with E-state index in [1.165, 1.54) is 22.6 Å². The van der Waals surface area contributed by atoms with Gasteiger partial charge in [0, 0.05) is 22.3 Å². The van der Waals surface area contributed by atoms with Gasteiger partial charge in [0.15, 0.2) is 0 Å². The molecule has 0 saturated heterocycles. The standard InChI is InChI=1S/C11H17NS/c1-8-3-6-11(13-8)7-12-9(2)10-4-5-10/h3,6,9-10,12H,4-5,7H2,1-2H3. The number of rotatable bonds is 4. The molecule has 0 radical (unpaired) electrons. The van der Waals surface area contributed by atoms with Crippen LogP contribution in [0.2, 0.25) is 0 Å². The molecule has 1 nitrogen and oxygen atoms in total. The van der Waals surface area contributed by atoms with E-state index in [0.717, 1.165) is 12.5 Å². The predicted octanol–water partition coefficient (Wildman–Crippen LogP) is 2.94. The van der Waals surface area contributed by atoms with Gasteiger partial charge in [0.1, 0.15) is 0 Å². The van der Waals surface area contributed by atoms with Crippen molar-refractivity contribution in [3.05, 3.63) is 21.9 Å². The van der Waals surface area contributed by atoms with Crippen LogP contribution in [0.1, 0.15) is 29.5 Å². The molecule has 1 fully saturated rings. The van der Waals surface area contributed by atoms with Crippen LogP contribution in [0.5, 0.6) is 0 Å². The maximum atomic E-state index is 3.58. The van der Waals surface area contributed by atoms with Gasteiger partial charge in [-0.1, -0.05) is 0 Å². The summed E-state index contributed by atoms with van der Waals surface area (Å²) in [5.74, 6) is 0.959. The monoisotopic (exact) mass is 195 g/mol. The minimum Gasteiger partial charge on any atom is -0.309 e. The highest BCUT2D eigenvalue weighted by Crippen LogP contribution is 2.32. The first-order valence-corrected chi connectivity index (χ1v) is 5.86. The summed E-state index contributed by atoms with van der Waals surface area (Å²) < 4.78 is 0. The Morgan fingerprint density at radius 3 is 2.85 bits per heavy atom. The third kappa shape index (κ3) is 2.55. The van der Waals surface area contributed by atoms with Crippen LogP contribution in [0.4, 0.5) is 0 Å². The van der Waals surface area contributed by atoms with E-state index >= 15 is 0 Å². The minimum atomic E-state index is 0.711. The summed E-state index contributed by atoms with van der Waals surface area (Å²) in [6.07, 6.45) is 2.86. The molecule has 0 bridgehead atoms. The van der Waals surface area contributed by atoms with Crippen molar-refractivity contribution in [2.45, 2.75) is 39.3 Å². The van der Waals surface area contributed by atoms with Gasteiger partial charge in [-0.15, -0.1) is 11.3 Å². The van der Waals surface area contributed by atoms with E-state index in [4.69, 9.17) is 0 Å². The maximum absolute atomic E-state index is 3.58. The first kappa shape index (κ1) is 9.22. The van der Waals surface area contributed by atoms with Crippen molar-refractivity contribution in [1.29, 1.82) is 0 Å². The summed E-state index contributed by atoms with van der Waals surface area (Å²) in [5.41, 5.74) is 0. The summed E-state index contributed by atoms with van der Waals surface area (Å²) in [7, 11) is 0. The zero-order valence-electron chi connectivity index (χ0n) is 8.34. The first-order chi connectivity index (χ1) is 6.25. The Bertz CT molecular complexity index is 275. The lowest BCUT2D eigenvalue weighted by atomic mass is 10.2. The summed E-state index contributed by atoms with van der Waals surface area (Å²) >= 11 is 1.90. The molecule has 1 atom stereocenters. The number of aryl methyl sites for hydroxylation is 1. The van der Waals surface area contributed by atoms with Crippen LogP contribution in [-0.2, 0) is 6.54 Å². The average molecular weight is 195 g/mol. The second kappa shape index (κ2) is 3.81. The highest BCUT2D eigenvalue weighted by atomic mass is 32.1. The summed E-state index contributed by atoms with van der Waals surface area (Å²) in [6.45, 7) is 5.52. The van der Waals surface area contributed by atoms with Gasteiger partial charge in [0.05, 0.1) is 0 Å². The van der Waals surface area contributed by atoms with Crippen molar-refractivity contribution < 1.29 is 0 Å². The van der Waals surface area contributed by atoms with Crippen LogP contribution in [0, 0.1) is 12.8 Å². The van der Waals surface area contributed by atoms with Gasteiger partial charge < -0.3 is 5.32 Å². The van der Waals surface area contributed by atoms with Crippen LogP contribution >= 0.6 is 11.3 Å². The Morgan fingerprint density at radius 1 is 1.54 bits per heavy atom. The minimum absolute atomic E-state index is 0.711. The van der Waals surface area contributed by atoms with Gasteiger partial charge in [-0.2, -0.15) is 0 Å². The van der Waals surface area contributed by atoms with Crippen LogP contribution < -0.4 is 5.32 Å². The van der Waals surface area contributed by atoms with Crippen LogP contribution in [0.15, 0.2) is 12.1 Å². The Labute approximate surface area is 84.2 Å². The fourth-order valence-electron chi connectivity index (χ4n) is 1.60. The molecule has 1 N–H and O–H groups in total. The Kier molecular flexibility index (Phi) is 2.70. The lowest BCUT2D eigenvalue weighted by molar-refractivity contribution is 0.499. The van der Waals surface area contributed by atoms with Crippen LogP contribution in [0.3, 0.4) is 0 Å². The van der Waals surface area contributed by atoms with Crippen molar-refractivity contribution in [2.75, 3.05) is 0 Å². The Morgan fingerprint density at radius 2 is 2.31 bits per heavy atom. The molecule has 1 heterocycles. The molecule has 0 aromatic carbocycles. The summed E-state index contributed by atoms with van der Waals surface area (Å²) in [6, 6.07) is 5.14. The van der Waals surface area contributed by atoms with Crippen molar-refractivity contribution in [1.82, 2.24) is 5.32 Å². The zero-order chi connectivity index (χ0) is 9.26. The molecule has 1 saturated carbocycles. The molecule has 2 heteroatoms. The molecule has 1 aliphatic rings. The molecule has 13 heavy (non-hydrogen) atoms. The van der Waals surface area contributed by atoms with Gasteiger partial charge in [-0.25, -0.2) is 0 Å². The number of nitrogens with one attached hydrogen (secondary N) is 1. The molecular weight excluding hydrogens is 178 g/mol. The number of hydrogen-bond acceptors (Lipinski definition) is 2. The zero-order valence-corrected chi connectivity index (χ0v) is 9.16. The van der Waals surface area contributed by atoms with E-state index in [1.807, 2.05) is 11.3 Å². The van der Waals surface area contributed by atoms with Gasteiger partial charge in [-0.05, 0) is 44.7 Å². The largest absolute Gasteiger partial charge is 0.309 e. The molecule has 1 aromatic heterocycles. The van der Waals surface area contributed by atoms with Crippen molar-refractivity contribution in [2.24, 2.45) is 5.92 Å². The van der Waals surface area contributed by atoms with Crippen molar-refractivity contribution >= 4 is 11.3 Å². The molecular formula is C11H17NS. The molecule has 0 spiro atoms. The number of thiophene rings is 1. The molecule has 1 aromatic rings. The lowest BCUT2D eigenvalue weighted by Gasteiger charge is -2.10. The molecule has 0 amide bonds. The van der Waals surface area contributed by atoms with Crippen molar-refractivity contribution in [3.63, 3.8) is 0 Å². The van der Waals surface area contributed by atoms with E-state index in [0.29, 0.717) is 6.04 Å². The van der Waals surface area contributed by atoms with E-state index in [1.54, 1.807) is 0 Å². The predicted molar refractivity (Wildman–Crippen MR) is 58.1 cm³/mol. The van der Waals surface area contributed by atoms with Gasteiger partial charge in [0.25, 0.3) is 0 Å². The van der Waals surface area contributed by atoms with Crippen LogP contribution in [-0.4, -0.2) is 6.04 Å². The molecule has 0 aliphatic heterocycles. The normalized spacial score (nSPS) is 18.9. The second-order valence-electron chi connectivity index (χ2n) is 4.02. The quantitative estimate of drug-likeness (QED) is 0.779. The van der Waals surface area contributed by atoms with Gasteiger partial charge in [-0.3, -0.25) is 0 Å². The Balaban J connectivity index is 1.78. The number of hydrogen-bond donors (Lipinski definition) is 1. The van der Waals surface area contributed by atoms with Gasteiger partial charge >= 0.3 is 0 Å². The van der Waals surface area contributed by atoms with Crippen LogP contribution in [0.25, 0.3) is 0 Å². The average Bonchev–Trinajstić information content (AvgIpc) is 2.87. The molecule has 2 rings (SSSR count). The van der Waals surface area contributed by atoms with E-state index < -0.39 is 0 Å². The third-order valence-corrected chi connectivity index (χ3v) is 3.72. The van der Waals surface area contributed by atoms with E-state index in [2.05, 4.69) is 31.3 Å². The van der Waals surface area contributed by atoms with Crippen molar-refractivity contribution in [3.8, 4) is 0 Å². The summed E-state index contributed by atoms with van der Waals surface area (Å²) in [5, 5.41) is 3.58. The van der Waals surface area contributed by atoms with E-state index in [-0.39, 0.29) is 0 Å². The molecule has 72 valence electrons. The topological polar surface area (TPSA) is 12.0 Å². The second-order valence-corrected chi connectivity index (χ2v) is 5.39. The van der Waals surface area contributed by atoms with E-state index in [9.17, 15) is 0 Å². The fraction of sp³-hybridized carbons (Fsp3) is 0.636. The fourth-order valence-corrected chi connectivity index (χ4v) is 2.45. The lowest BCUT2D eigenvalue weighted by Crippen LogP contribution is -2.26. The highest BCUT2D eigenvalue weighted by molar-refractivity contribution is 7.11. The molecule has 1 aliphatic carbocycles. The smallest absolute Gasteiger partial charge is 0.0302 e. The third-order valence-electron chi connectivity index (χ3n) is 2.72. The SMILES string of the molecule is Cc1ccc(CNC(C)C2CC2)s1. The summed E-state index contributed by atoms with van der Waals surface area (Å²) in [4.78, 5) is 2.88. The van der Waals surface area contributed by atoms with Gasteiger partial charge in [0.2, 0.25) is 0 Å². The highest BCUT2D eigenvalue weighted by Gasteiger charge is 2.27. The first-order valence-electron chi connectivity index (χ1n) is 5.04. The maximum Gasteiger partial charge on any atom is 0.0302 e. The molecule has 1 unspecified atom stereocenters.